The van der Waals surface area contributed by atoms with Gasteiger partial charge in [0.15, 0.2) is 0 Å². The number of halogens is 2. The molecule has 0 radical (unpaired) electrons. The average Bonchev–Trinajstić information content (AvgIpc) is 2.25. The standard InChI is InChI=1S/C13H20FNO.ClH/c1-4-11(15)7-10-8-12(14)9(3)6-13(10)16-5-2;/h6,8,11H,4-5,7,15H2,1-3H3;1H. The highest BCUT2D eigenvalue weighted by Crippen LogP contribution is 2.24. The van der Waals surface area contributed by atoms with Gasteiger partial charge in [0.05, 0.1) is 6.61 Å². The van der Waals surface area contributed by atoms with Crippen LogP contribution in [-0.4, -0.2) is 12.6 Å². The van der Waals surface area contributed by atoms with Crippen molar-refractivity contribution in [2.24, 2.45) is 5.73 Å². The third-order valence-corrected chi connectivity index (χ3v) is 2.65. The summed E-state index contributed by atoms with van der Waals surface area (Å²) < 4.78 is 19.0. The van der Waals surface area contributed by atoms with Gasteiger partial charge in [-0.1, -0.05) is 6.92 Å². The summed E-state index contributed by atoms with van der Waals surface area (Å²) in [5.41, 5.74) is 7.35. The molecule has 0 heterocycles. The van der Waals surface area contributed by atoms with Gasteiger partial charge in [0, 0.05) is 6.04 Å². The van der Waals surface area contributed by atoms with E-state index in [-0.39, 0.29) is 24.3 Å². The van der Waals surface area contributed by atoms with Gasteiger partial charge in [0.25, 0.3) is 0 Å². The van der Waals surface area contributed by atoms with Crippen molar-refractivity contribution in [1.82, 2.24) is 0 Å². The zero-order valence-corrected chi connectivity index (χ0v) is 11.4. The SMILES string of the molecule is CCOc1cc(C)c(F)cc1CC(N)CC.Cl. The lowest BCUT2D eigenvalue weighted by molar-refractivity contribution is 0.334. The predicted octanol–water partition coefficient (Wildman–Crippen LogP) is 3.23. The minimum absolute atomic E-state index is 0. The van der Waals surface area contributed by atoms with Crippen molar-refractivity contribution in [3.05, 3.63) is 29.1 Å². The molecule has 0 saturated heterocycles. The zero-order valence-electron chi connectivity index (χ0n) is 10.6. The van der Waals surface area contributed by atoms with Crippen LogP contribution in [0, 0.1) is 12.7 Å². The highest BCUT2D eigenvalue weighted by molar-refractivity contribution is 5.85. The molecule has 0 aliphatic carbocycles. The maximum Gasteiger partial charge on any atom is 0.126 e. The summed E-state index contributed by atoms with van der Waals surface area (Å²) >= 11 is 0. The minimum Gasteiger partial charge on any atom is -0.494 e. The summed E-state index contributed by atoms with van der Waals surface area (Å²) in [6.45, 7) is 6.26. The van der Waals surface area contributed by atoms with E-state index >= 15 is 0 Å². The number of nitrogens with two attached hydrogens (primary N) is 1. The van der Waals surface area contributed by atoms with Crippen LogP contribution in [0.2, 0.25) is 0 Å². The van der Waals surface area contributed by atoms with E-state index in [1.807, 2.05) is 13.8 Å². The van der Waals surface area contributed by atoms with Crippen LogP contribution in [0.4, 0.5) is 4.39 Å². The first-order valence-corrected chi connectivity index (χ1v) is 5.75. The molecule has 0 spiro atoms. The highest BCUT2D eigenvalue weighted by atomic mass is 35.5. The number of hydrogen-bond acceptors (Lipinski definition) is 2. The van der Waals surface area contributed by atoms with Crippen molar-refractivity contribution in [2.75, 3.05) is 6.61 Å². The Balaban J connectivity index is 0.00000256. The summed E-state index contributed by atoms with van der Waals surface area (Å²) in [5, 5.41) is 0. The number of aryl methyl sites for hydroxylation is 1. The minimum atomic E-state index is -0.193. The van der Waals surface area contributed by atoms with Crippen molar-refractivity contribution < 1.29 is 9.13 Å². The summed E-state index contributed by atoms with van der Waals surface area (Å²) in [5.74, 6) is 0.562. The number of benzene rings is 1. The van der Waals surface area contributed by atoms with Crippen LogP contribution in [0.1, 0.15) is 31.4 Å². The quantitative estimate of drug-likeness (QED) is 0.883. The van der Waals surface area contributed by atoms with Crippen molar-refractivity contribution in [1.29, 1.82) is 0 Å². The Bertz CT molecular complexity index is 358. The zero-order chi connectivity index (χ0) is 12.1. The van der Waals surface area contributed by atoms with Gasteiger partial charge < -0.3 is 10.5 Å². The lowest BCUT2D eigenvalue weighted by Gasteiger charge is -2.14. The van der Waals surface area contributed by atoms with Crippen LogP contribution in [0.25, 0.3) is 0 Å². The van der Waals surface area contributed by atoms with Gasteiger partial charge in [-0.2, -0.15) is 0 Å². The van der Waals surface area contributed by atoms with Crippen molar-refractivity contribution in [3.8, 4) is 5.75 Å². The molecule has 1 aromatic rings. The number of hydrogen-bond donors (Lipinski definition) is 1. The van der Waals surface area contributed by atoms with Crippen molar-refractivity contribution in [2.45, 2.75) is 39.7 Å². The average molecular weight is 262 g/mol. The number of ether oxygens (including phenoxy) is 1. The van der Waals surface area contributed by atoms with Crippen LogP contribution in [-0.2, 0) is 6.42 Å². The van der Waals surface area contributed by atoms with Gasteiger partial charge in [0.1, 0.15) is 11.6 Å². The largest absolute Gasteiger partial charge is 0.494 e. The molecule has 0 aliphatic rings. The van der Waals surface area contributed by atoms with E-state index in [1.165, 1.54) is 6.07 Å². The molecule has 1 rings (SSSR count). The first-order valence-electron chi connectivity index (χ1n) is 5.75. The summed E-state index contributed by atoms with van der Waals surface area (Å²) in [4.78, 5) is 0. The molecular formula is C13H21ClFNO. The lowest BCUT2D eigenvalue weighted by atomic mass is 10.0. The van der Waals surface area contributed by atoms with E-state index in [2.05, 4.69) is 0 Å². The maximum atomic E-state index is 13.5. The fourth-order valence-electron chi connectivity index (χ4n) is 1.57. The normalized spacial score (nSPS) is 11.8. The molecule has 1 unspecified atom stereocenters. The van der Waals surface area contributed by atoms with Gasteiger partial charge in [-0.15, -0.1) is 12.4 Å². The van der Waals surface area contributed by atoms with E-state index in [9.17, 15) is 4.39 Å². The van der Waals surface area contributed by atoms with E-state index < -0.39 is 0 Å². The van der Waals surface area contributed by atoms with Gasteiger partial charge in [0.2, 0.25) is 0 Å². The molecule has 1 aromatic carbocycles. The topological polar surface area (TPSA) is 35.2 Å². The predicted molar refractivity (Wildman–Crippen MR) is 71.5 cm³/mol. The second kappa shape index (κ2) is 7.51. The van der Waals surface area contributed by atoms with E-state index in [0.717, 1.165) is 17.7 Å². The molecule has 1 atom stereocenters. The summed E-state index contributed by atoms with van der Waals surface area (Å²) in [6.07, 6.45) is 1.53. The Labute approximate surface area is 109 Å². The Morgan fingerprint density at radius 3 is 2.53 bits per heavy atom. The lowest BCUT2D eigenvalue weighted by Crippen LogP contribution is -2.22. The van der Waals surface area contributed by atoms with Gasteiger partial charge >= 0.3 is 0 Å². The van der Waals surface area contributed by atoms with Gasteiger partial charge in [-0.05, 0) is 49.9 Å². The fraction of sp³-hybridized carbons (Fsp3) is 0.538. The number of rotatable bonds is 5. The molecule has 98 valence electrons. The molecule has 4 heteroatoms. The van der Waals surface area contributed by atoms with Crippen molar-refractivity contribution in [3.63, 3.8) is 0 Å². The second-order valence-corrected chi connectivity index (χ2v) is 4.01. The van der Waals surface area contributed by atoms with Crippen LogP contribution in [0.15, 0.2) is 12.1 Å². The summed E-state index contributed by atoms with van der Waals surface area (Å²) in [7, 11) is 0. The molecule has 0 bridgehead atoms. The molecule has 0 saturated carbocycles. The molecule has 0 fully saturated rings. The van der Waals surface area contributed by atoms with Crippen LogP contribution in [0.5, 0.6) is 5.75 Å². The summed E-state index contributed by atoms with van der Waals surface area (Å²) in [6, 6.07) is 3.34. The van der Waals surface area contributed by atoms with Gasteiger partial charge in [-0.3, -0.25) is 0 Å². The maximum absolute atomic E-state index is 13.5. The Hall–Kier alpha value is -0.800. The van der Waals surface area contributed by atoms with Crippen molar-refractivity contribution >= 4 is 12.4 Å². The molecule has 2 N–H and O–H groups in total. The van der Waals surface area contributed by atoms with E-state index in [0.29, 0.717) is 18.6 Å². The molecule has 0 amide bonds. The molecule has 0 aliphatic heterocycles. The fourth-order valence-corrected chi connectivity index (χ4v) is 1.57. The third-order valence-electron chi connectivity index (χ3n) is 2.65. The van der Waals surface area contributed by atoms with Crippen LogP contribution >= 0.6 is 12.4 Å². The Morgan fingerprint density at radius 1 is 1.35 bits per heavy atom. The van der Waals surface area contributed by atoms with Crippen LogP contribution in [0.3, 0.4) is 0 Å². The molecular weight excluding hydrogens is 241 g/mol. The molecule has 17 heavy (non-hydrogen) atoms. The van der Waals surface area contributed by atoms with E-state index in [4.69, 9.17) is 10.5 Å². The Kier molecular flexibility index (Phi) is 7.16. The first kappa shape index (κ1) is 16.2. The second-order valence-electron chi connectivity index (χ2n) is 4.01. The molecule has 2 nitrogen and oxygen atoms in total. The third kappa shape index (κ3) is 4.52. The Morgan fingerprint density at radius 2 is 2.00 bits per heavy atom. The van der Waals surface area contributed by atoms with Gasteiger partial charge in [-0.25, -0.2) is 4.39 Å². The smallest absolute Gasteiger partial charge is 0.126 e. The van der Waals surface area contributed by atoms with E-state index in [1.54, 1.807) is 13.0 Å². The van der Waals surface area contributed by atoms with Crippen LogP contribution < -0.4 is 10.5 Å². The monoisotopic (exact) mass is 261 g/mol. The molecule has 0 aromatic heterocycles. The highest BCUT2D eigenvalue weighted by Gasteiger charge is 2.11. The first-order chi connectivity index (χ1) is 7.58.